The first-order chi connectivity index (χ1) is 9.84. The van der Waals surface area contributed by atoms with Gasteiger partial charge in [0.15, 0.2) is 0 Å². The van der Waals surface area contributed by atoms with Gasteiger partial charge in [-0.05, 0) is 17.5 Å². The minimum Gasteiger partial charge on any atom is -0.444 e. The fraction of sp³-hybridized carbons (Fsp3) is 0.188. The first-order valence-electron chi connectivity index (χ1n) is 6.58. The highest BCUT2D eigenvalue weighted by atomic mass is 16.6. The Morgan fingerprint density at radius 3 is 2.15 bits per heavy atom. The van der Waals surface area contributed by atoms with Crippen molar-refractivity contribution in [1.82, 2.24) is 10.9 Å². The molecule has 0 aliphatic heterocycles. The summed E-state index contributed by atoms with van der Waals surface area (Å²) in [4.78, 5) is 11.4. The van der Waals surface area contributed by atoms with Gasteiger partial charge in [-0.2, -0.15) is 0 Å². The number of hydrazine groups is 1. The lowest BCUT2D eigenvalue weighted by atomic mass is 10.2. The Kier molecular flexibility index (Phi) is 5.61. The normalized spacial score (nSPS) is 10.0. The molecule has 0 fully saturated rings. The highest BCUT2D eigenvalue weighted by Gasteiger charge is 2.01. The molecule has 2 aromatic carbocycles. The van der Waals surface area contributed by atoms with E-state index in [0.29, 0.717) is 6.54 Å². The van der Waals surface area contributed by atoms with Crippen LogP contribution in [-0.4, -0.2) is 12.6 Å². The number of amides is 1. The van der Waals surface area contributed by atoms with Crippen LogP contribution in [0.15, 0.2) is 60.7 Å². The van der Waals surface area contributed by atoms with Crippen LogP contribution in [0.4, 0.5) is 4.79 Å². The van der Waals surface area contributed by atoms with Crippen LogP contribution in [0.5, 0.6) is 0 Å². The Morgan fingerprint density at radius 2 is 1.50 bits per heavy atom. The van der Waals surface area contributed by atoms with E-state index in [4.69, 9.17) is 4.74 Å². The second-order valence-corrected chi connectivity index (χ2v) is 4.35. The molecule has 1 amide bonds. The monoisotopic (exact) mass is 270 g/mol. The molecule has 104 valence electrons. The van der Waals surface area contributed by atoms with Gasteiger partial charge in [0.05, 0.1) is 0 Å². The number of carbonyl (C=O) groups is 1. The number of rotatable bonds is 6. The minimum atomic E-state index is -0.470. The van der Waals surface area contributed by atoms with Crippen LogP contribution in [0, 0.1) is 0 Å². The number of hydrogen-bond acceptors (Lipinski definition) is 3. The molecule has 2 aromatic rings. The Bertz CT molecular complexity index is 515. The fourth-order valence-electron chi connectivity index (χ4n) is 1.75. The summed E-state index contributed by atoms with van der Waals surface area (Å²) in [5.41, 5.74) is 7.54. The minimum absolute atomic E-state index is 0.271. The van der Waals surface area contributed by atoms with Crippen molar-refractivity contribution >= 4 is 6.09 Å². The first kappa shape index (κ1) is 14.1. The van der Waals surface area contributed by atoms with Gasteiger partial charge in [0.2, 0.25) is 0 Å². The van der Waals surface area contributed by atoms with Gasteiger partial charge >= 0.3 is 6.09 Å². The highest BCUT2D eigenvalue weighted by Crippen LogP contribution is 2.00. The van der Waals surface area contributed by atoms with Gasteiger partial charge in [-0.3, -0.25) is 5.43 Å². The van der Waals surface area contributed by atoms with Crippen LogP contribution < -0.4 is 10.9 Å². The van der Waals surface area contributed by atoms with Gasteiger partial charge < -0.3 is 4.74 Å². The van der Waals surface area contributed by atoms with Gasteiger partial charge in [0.25, 0.3) is 0 Å². The van der Waals surface area contributed by atoms with E-state index in [2.05, 4.69) is 23.0 Å². The van der Waals surface area contributed by atoms with Gasteiger partial charge in [-0.25, -0.2) is 10.2 Å². The van der Waals surface area contributed by atoms with Gasteiger partial charge in [-0.15, -0.1) is 0 Å². The van der Waals surface area contributed by atoms with E-state index >= 15 is 0 Å². The van der Waals surface area contributed by atoms with Crippen molar-refractivity contribution in [3.8, 4) is 0 Å². The van der Waals surface area contributed by atoms with Crippen molar-refractivity contribution in [3.05, 3.63) is 71.8 Å². The average Bonchev–Trinajstić information content (AvgIpc) is 2.52. The second kappa shape index (κ2) is 7.96. The molecule has 0 aliphatic rings. The van der Waals surface area contributed by atoms with E-state index < -0.39 is 6.09 Å². The molecule has 2 rings (SSSR count). The van der Waals surface area contributed by atoms with Crippen LogP contribution in [0.3, 0.4) is 0 Å². The largest absolute Gasteiger partial charge is 0.444 e. The van der Waals surface area contributed by atoms with Crippen molar-refractivity contribution in [2.45, 2.75) is 13.0 Å². The molecule has 0 aromatic heterocycles. The molecular weight excluding hydrogens is 252 g/mol. The lowest BCUT2D eigenvalue weighted by molar-refractivity contribution is 0.135. The summed E-state index contributed by atoms with van der Waals surface area (Å²) < 4.78 is 5.07. The standard InChI is InChI=1S/C16H18N2O2/c19-16(20-13-15-9-5-2-6-10-15)18-17-12-11-14-7-3-1-4-8-14/h1-10,17H,11-13H2,(H,18,19). The summed E-state index contributed by atoms with van der Waals surface area (Å²) in [5.74, 6) is 0. The van der Waals surface area contributed by atoms with E-state index in [9.17, 15) is 4.79 Å². The molecule has 0 aliphatic carbocycles. The zero-order valence-electron chi connectivity index (χ0n) is 11.2. The summed E-state index contributed by atoms with van der Waals surface area (Å²) >= 11 is 0. The maximum absolute atomic E-state index is 11.4. The maximum Gasteiger partial charge on any atom is 0.421 e. The molecule has 2 N–H and O–H groups in total. The molecule has 4 nitrogen and oxygen atoms in total. The molecule has 4 heteroatoms. The number of nitrogens with one attached hydrogen (secondary N) is 2. The molecule has 0 unspecified atom stereocenters. The van der Waals surface area contributed by atoms with Gasteiger partial charge in [0, 0.05) is 6.54 Å². The third kappa shape index (κ3) is 5.12. The number of benzene rings is 2. The maximum atomic E-state index is 11.4. The molecule has 0 spiro atoms. The summed E-state index contributed by atoms with van der Waals surface area (Å²) in [6, 6.07) is 19.7. The van der Waals surface area contributed by atoms with Crippen molar-refractivity contribution in [3.63, 3.8) is 0 Å². The Labute approximate surface area is 118 Å². The SMILES string of the molecule is O=C(NNCCc1ccccc1)OCc1ccccc1. The number of ether oxygens (including phenoxy) is 1. The summed E-state index contributed by atoms with van der Waals surface area (Å²) in [5, 5.41) is 0. The van der Waals surface area contributed by atoms with Crippen molar-refractivity contribution in [2.75, 3.05) is 6.54 Å². The third-order valence-electron chi connectivity index (χ3n) is 2.78. The molecule has 0 bridgehead atoms. The van der Waals surface area contributed by atoms with E-state index in [1.165, 1.54) is 5.56 Å². The van der Waals surface area contributed by atoms with Crippen molar-refractivity contribution < 1.29 is 9.53 Å². The highest BCUT2D eigenvalue weighted by molar-refractivity contribution is 5.66. The van der Waals surface area contributed by atoms with Gasteiger partial charge in [-0.1, -0.05) is 60.7 Å². The van der Waals surface area contributed by atoms with Crippen molar-refractivity contribution in [2.24, 2.45) is 0 Å². The molecule has 0 saturated heterocycles. The number of carbonyl (C=O) groups excluding carboxylic acids is 1. The second-order valence-electron chi connectivity index (χ2n) is 4.35. The topological polar surface area (TPSA) is 50.4 Å². The smallest absolute Gasteiger partial charge is 0.421 e. The molecule has 0 atom stereocenters. The first-order valence-corrected chi connectivity index (χ1v) is 6.58. The third-order valence-corrected chi connectivity index (χ3v) is 2.78. The van der Waals surface area contributed by atoms with E-state index in [-0.39, 0.29) is 6.61 Å². The van der Waals surface area contributed by atoms with Crippen LogP contribution >= 0.6 is 0 Å². The fourth-order valence-corrected chi connectivity index (χ4v) is 1.75. The quantitative estimate of drug-likeness (QED) is 0.626. The summed E-state index contributed by atoms with van der Waals surface area (Å²) in [7, 11) is 0. The van der Waals surface area contributed by atoms with E-state index in [1.807, 2.05) is 48.5 Å². The zero-order valence-corrected chi connectivity index (χ0v) is 11.2. The average molecular weight is 270 g/mol. The molecular formula is C16H18N2O2. The van der Waals surface area contributed by atoms with E-state index in [1.54, 1.807) is 0 Å². The van der Waals surface area contributed by atoms with Crippen LogP contribution in [0.2, 0.25) is 0 Å². The summed E-state index contributed by atoms with van der Waals surface area (Å²) in [6.45, 7) is 0.928. The zero-order chi connectivity index (χ0) is 14.0. The Morgan fingerprint density at radius 1 is 0.900 bits per heavy atom. The Hall–Kier alpha value is -2.33. The summed E-state index contributed by atoms with van der Waals surface area (Å²) in [6.07, 6.45) is 0.377. The number of hydrogen-bond donors (Lipinski definition) is 2. The molecule has 20 heavy (non-hydrogen) atoms. The van der Waals surface area contributed by atoms with Crippen molar-refractivity contribution in [1.29, 1.82) is 0 Å². The predicted octanol–water partition coefficient (Wildman–Crippen LogP) is 2.66. The Balaban J connectivity index is 1.59. The van der Waals surface area contributed by atoms with E-state index in [0.717, 1.165) is 12.0 Å². The van der Waals surface area contributed by atoms with Crippen LogP contribution in [0.25, 0.3) is 0 Å². The predicted molar refractivity (Wildman–Crippen MR) is 77.9 cm³/mol. The molecule has 0 saturated carbocycles. The lowest BCUT2D eigenvalue weighted by Gasteiger charge is -2.08. The molecule has 0 radical (unpaired) electrons. The lowest BCUT2D eigenvalue weighted by Crippen LogP contribution is -2.38. The van der Waals surface area contributed by atoms with Gasteiger partial charge in [0.1, 0.15) is 6.61 Å². The van der Waals surface area contributed by atoms with Crippen LogP contribution in [-0.2, 0) is 17.8 Å². The van der Waals surface area contributed by atoms with Crippen LogP contribution in [0.1, 0.15) is 11.1 Å². The molecule has 0 heterocycles.